The summed E-state index contributed by atoms with van der Waals surface area (Å²) < 4.78 is 15.8. The van der Waals surface area contributed by atoms with E-state index in [1.165, 1.54) is 0 Å². The van der Waals surface area contributed by atoms with Gasteiger partial charge in [0.05, 0.1) is 12.5 Å². The zero-order valence-electron chi connectivity index (χ0n) is 13.7. The molecular formula is C17H22N2O4S. The van der Waals surface area contributed by atoms with Gasteiger partial charge in [0.2, 0.25) is 6.79 Å². The standard InChI is InChI=1S/C17H22N2O4S/c1-2-21-16(20)13-5-7-19(8-6-13)17(24)18-10-12-3-4-14-15(9-12)23-11-22-14/h3-4,9,13H,2,5-8,10-11H2,1H3,(H,18,24). The zero-order chi connectivity index (χ0) is 16.9. The van der Waals surface area contributed by atoms with Crippen molar-refractivity contribution in [2.45, 2.75) is 26.3 Å². The molecule has 0 aliphatic carbocycles. The molecule has 1 N–H and O–H groups in total. The first-order valence-corrected chi connectivity index (χ1v) is 8.66. The van der Waals surface area contributed by atoms with E-state index >= 15 is 0 Å². The highest BCUT2D eigenvalue weighted by molar-refractivity contribution is 7.80. The number of ether oxygens (including phenoxy) is 3. The van der Waals surface area contributed by atoms with E-state index in [0.29, 0.717) is 13.2 Å². The molecule has 1 saturated heterocycles. The van der Waals surface area contributed by atoms with Crippen LogP contribution in [0.3, 0.4) is 0 Å². The average Bonchev–Trinajstić information content (AvgIpc) is 3.07. The van der Waals surface area contributed by atoms with Crippen LogP contribution in [-0.2, 0) is 16.1 Å². The molecule has 1 aromatic rings. The predicted octanol–water partition coefficient (Wildman–Crippen LogP) is 2.06. The molecule has 0 atom stereocenters. The van der Waals surface area contributed by atoms with E-state index in [9.17, 15) is 4.79 Å². The van der Waals surface area contributed by atoms with Crippen LogP contribution < -0.4 is 14.8 Å². The number of thiocarbonyl (C=S) groups is 1. The van der Waals surface area contributed by atoms with Gasteiger partial charge in [-0.2, -0.15) is 0 Å². The van der Waals surface area contributed by atoms with Crippen molar-refractivity contribution in [3.63, 3.8) is 0 Å². The summed E-state index contributed by atoms with van der Waals surface area (Å²) in [6, 6.07) is 5.87. The Morgan fingerprint density at radius 2 is 2.08 bits per heavy atom. The molecule has 6 nitrogen and oxygen atoms in total. The molecule has 0 unspecified atom stereocenters. The van der Waals surface area contributed by atoms with E-state index in [1.807, 2.05) is 25.1 Å². The maximum absolute atomic E-state index is 11.8. The van der Waals surface area contributed by atoms with Crippen molar-refractivity contribution in [1.82, 2.24) is 10.2 Å². The van der Waals surface area contributed by atoms with Gasteiger partial charge >= 0.3 is 5.97 Å². The number of nitrogens with zero attached hydrogens (tertiary/aromatic N) is 1. The van der Waals surface area contributed by atoms with Crippen LogP contribution in [0, 0.1) is 5.92 Å². The summed E-state index contributed by atoms with van der Waals surface area (Å²) in [7, 11) is 0. The molecule has 3 rings (SSSR count). The lowest BCUT2D eigenvalue weighted by Crippen LogP contribution is -2.45. The monoisotopic (exact) mass is 350 g/mol. The van der Waals surface area contributed by atoms with E-state index in [-0.39, 0.29) is 18.7 Å². The van der Waals surface area contributed by atoms with E-state index in [1.54, 1.807) is 0 Å². The van der Waals surface area contributed by atoms with E-state index < -0.39 is 0 Å². The number of esters is 1. The Hall–Kier alpha value is -2.02. The van der Waals surface area contributed by atoms with Crippen LogP contribution in [0.5, 0.6) is 11.5 Å². The van der Waals surface area contributed by atoms with E-state index in [4.69, 9.17) is 26.4 Å². The molecule has 2 aliphatic rings. The van der Waals surface area contributed by atoms with Crippen LogP contribution in [0.25, 0.3) is 0 Å². The van der Waals surface area contributed by atoms with Crippen LogP contribution in [0.4, 0.5) is 0 Å². The summed E-state index contributed by atoms with van der Waals surface area (Å²) >= 11 is 5.47. The van der Waals surface area contributed by atoms with Gasteiger partial charge in [0.25, 0.3) is 0 Å². The normalized spacial score (nSPS) is 16.8. The number of carbonyl (C=O) groups excluding carboxylic acids is 1. The summed E-state index contributed by atoms with van der Waals surface area (Å²) in [5, 5.41) is 3.99. The fourth-order valence-corrected chi connectivity index (χ4v) is 3.17. The molecular weight excluding hydrogens is 328 g/mol. The highest BCUT2D eigenvalue weighted by Crippen LogP contribution is 2.32. The first kappa shape index (κ1) is 16.8. The lowest BCUT2D eigenvalue weighted by Gasteiger charge is -2.32. The Morgan fingerprint density at radius 3 is 2.83 bits per heavy atom. The van der Waals surface area contributed by atoms with Crippen molar-refractivity contribution < 1.29 is 19.0 Å². The highest BCUT2D eigenvalue weighted by Gasteiger charge is 2.26. The Balaban J connectivity index is 1.45. The van der Waals surface area contributed by atoms with Crippen LogP contribution in [0.1, 0.15) is 25.3 Å². The zero-order valence-corrected chi connectivity index (χ0v) is 14.6. The number of rotatable bonds is 4. The second kappa shape index (κ2) is 7.70. The van der Waals surface area contributed by atoms with Crippen molar-refractivity contribution in [3.05, 3.63) is 23.8 Å². The summed E-state index contributed by atoms with van der Waals surface area (Å²) in [5.41, 5.74) is 1.09. The predicted molar refractivity (Wildman–Crippen MR) is 92.9 cm³/mol. The Labute approximate surface area is 147 Å². The fourth-order valence-electron chi connectivity index (χ4n) is 2.92. The fraction of sp³-hybridized carbons (Fsp3) is 0.529. The maximum Gasteiger partial charge on any atom is 0.309 e. The number of benzene rings is 1. The number of piperidine rings is 1. The molecule has 0 spiro atoms. The number of hydrogen-bond donors (Lipinski definition) is 1. The smallest absolute Gasteiger partial charge is 0.309 e. The van der Waals surface area contributed by atoms with Gasteiger partial charge < -0.3 is 24.4 Å². The minimum Gasteiger partial charge on any atom is -0.466 e. The number of fused-ring (bicyclic) bond motifs is 1. The molecule has 0 amide bonds. The largest absolute Gasteiger partial charge is 0.466 e. The van der Waals surface area contributed by atoms with Crippen LogP contribution >= 0.6 is 12.2 Å². The molecule has 7 heteroatoms. The molecule has 0 aromatic heterocycles. The third-order valence-corrected chi connectivity index (χ3v) is 4.69. The molecule has 2 heterocycles. The molecule has 2 aliphatic heterocycles. The van der Waals surface area contributed by atoms with Crippen LogP contribution in [0.15, 0.2) is 18.2 Å². The SMILES string of the molecule is CCOC(=O)C1CCN(C(=S)NCc2ccc3c(c2)OCO3)CC1. The highest BCUT2D eigenvalue weighted by atomic mass is 32.1. The summed E-state index contributed by atoms with van der Waals surface area (Å²) in [5.74, 6) is 1.46. The second-order valence-corrected chi connectivity index (χ2v) is 6.25. The van der Waals surface area contributed by atoms with Gasteiger partial charge in [-0.1, -0.05) is 6.07 Å². The van der Waals surface area contributed by atoms with Crippen molar-refractivity contribution >= 4 is 23.3 Å². The molecule has 130 valence electrons. The van der Waals surface area contributed by atoms with E-state index in [2.05, 4.69) is 10.2 Å². The van der Waals surface area contributed by atoms with Gasteiger partial charge in [0.1, 0.15) is 0 Å². The molecule has 0 saturated carbocycles. The van der Waals surface area contributed by atoms with Crippen LogP contribution in [0.2, 0.25) is 0 Å². The molecule has 1 aromatic carbocycles. The summed E-state index contributed by atoms with van der Waals surface area (Å²) in [6.45, 7) is 4.73. The minimum absolute atomic E-state index is 0.00198. The lowest BCUT2D eigenvalue weighted by molar-refractivity contribution is -0.149. The number of hydrogen-bond acceptors (Lipinski definition) is 5. The summed E-state index contributed by atoms with van der Waals surface area (Å²) in [4.78, 5) is 13.9. The Kier molecular flexibility index (Phi) is 5.40. The molecule has 24 heavy (non-hydrogen) atoms. The topological polar surface area (TPSA) is 60.0 Å². The van der Waals surface area contributed by atoms with Gasteiger partial charge in [-0.25, -0.2) is 0 Å². The number of likely N-dealkylation sites (tertiary alicyclic amines) is 1. The van der Waals surface area contributed by atoms with Gasteiger partial charge in [-0.3, -0.25) is 4.79 Å². The first-order chi connectivity index (χ1) is 11.7. The quantitative estimate of drug-likeness (QED) is 0.659. The summed E-state index contributed by atoms with van der Waals surface area (Å²) in [6.07, 6.45) is 1.56. The number of carbonyl (C=O) groups is 1. The van der Waals surface area contributed by atoms with Crippen molar-refractivity contribution in [2.24, 2.45) is 5.92 Å². The minimum atomic E-state index is -0.0867. The van der Waals surface area contributed by atoms with Gasteiger partial charge in [0, 0.05) is 19.6 Å². The Morgan fingerprint density at radius 1 is 1.33 bits per heavy atom. The van der Waals surface area contributed by atoms with Gasteiger partial charge in [-0.15, -0.1) is 0 Å². The van der Waals surface area contributed by atoms with Crippen molar-refractivity contribution in [1.29, 1.82) is 0 Å². The van der Waals surface area contributed by atoms with Crippen molar-refractivity contribution in [3.8, 4) is 11.5 Å². The van der Waals surface area contributed by atoms with E-state index in [0.717, 1.165) is 48.1 Å². The third-order valence-electron chi connectivity index (χ3n) is 4.28. The van der Waals surface area contributed by atoms with Gasteiger partial charge in [0.15, 0.2) is 16.6 Å². The maximum atomic E-state index is 11.8. The average molecular weight is 350 g/mol. The molecule has 0 radical (unpaired) electrons. The molecule has 1 fully saturated rings. The lowest BCUT2D eigenvalue weighted by atomic mass is 9.97. The van der Waals surface area contributed by atoms with Crippen LogP contribution in [-0.4, -0.2) is 42.5 Å². The van der Waals surface area contributed by atoms with Crippen molar-refractivity contribution in [2.75, 3.05) is 26.5 Å². The second-order valence-electron chi connectivity index (χ2n) is 5.86. The Bertz CT molecular complexity index is 615. The molecule has 0 bridgehead atoms. The third kappa shape index (κ3) is 3.90. The number of nitrogens with one attached hydrogen (secondary N) is 1. The van der Waals surface area contributed by atoms with Gasteiger partial charge in [-0.05, 0) is 49.7 Å². The first-order valence-electron chi connectivity index (χ1n) is 8.25.